The van der Waals surface area contributed by atoms with Crippen LogP contribution in [0.25, 0.3) is 0 Å². The van der Waals surface area contributed by atoms with Crippen LogP contribution in [0.5, 0.6) is 0 Å². The average Bonchev–Trinajstić information content (AvgIpc) is 3.08. The van der Waals surface area contributed by atoms with Gasteiger partial charge in [0, 0.05) is 18.3 Å². The predicted molar refractivity (Wildman–Crippen MR) is 86.4 cm³/mol. The molecule has 0 atom stereocenters. The van der Waals surface area contributed by atoms with E-state index in [0.29, 0.717) is 28.4 Å². The van der Waals surface area contributed by atoms with Crippen LogP contribution in [0, 0.1) is 12.7 Å². The average molecular weight is 349 g/mol. The fraction of sp³-hybridized carbons (Fsp3) is 0.200. The minimum atomic E-state index is -0.401. The second-order valence-electron chi connectivity index (χ2n) is 5.26. The molecular formula is C15H14ClFN6O. The molecule has 1 amide bonds. The van der Waals surface area contributed by atoms with Gasteiger partial charge in [-0.15, -0.1) is 5.10 Å². The van der Waals surface area contributed by atoms with Gasteiger partial charge < -0.3 is 0 Å². The van der Waals surface area contributed by atoms with Crippen molar-refractivity contribution in [3.8, 4) is 0 Å². The van der Waals surface area contributed by atoms with Crippen molar-refractivity contribution in [3.05, 3.63) is 58.4 Å². The highest BCUT2D eigenvalue weighted by atomic mass is 35.5. The maximum atomic E-state index is 13.1. The number of rotatable bonds is 4. The van der Waals surface area contributed by atoms with Crippen LogP contribution in [0.2, 0.25) is 5.02 Å². The molecule has 2 aromatic heterocycles. The fourth-order valence-corrected chi connectivity index (χ4v) is 2.47. The summed E-state index contributed by atoms with van der Waals surface area (Å²) in [6, 6.07) is 4.14. The van der Waals surface area contributed by atoms with Gasteiger partial charge >= 0.3 is 0 Å². The number of hydrogen-bond acceptors (Lipinski definition) is 4. The number of aromatic nitrogens is 5. The van der Waals surface area contributed by atoms with Gasteiger partial charge in [0.05, 0.1) is 17.8 Å². The summed E-state index contributed by atoms with van der Waals surface area (Å²) in [5.41, 5.74) is 1.77. The number of carbonyl (C=O) groups is 1. The Morgan fingerprint density at radius 2 is 2.17 bits per heavy atom. The van der Waals surface area contributed by atoms with E-state index in [4.69, 9.17) is 11.6 Å². The topological polar surface area (TPSA) is 77.6 Å². The number of carbonyl (C=O) groups excluding carboxylic acids is 1. The molecule has 2 heterocycles. The monoisotopic (exact) mass is 348 g/mol. The van der Waals surface area contributed by atoms with Crippen molar-refractivity contribution in [2.75, 3.05) is 5.32 Å². The Labute approximate surface area is 142 Å². The zero-order valence-electron chi connectivity index (χ0n) is 13.0. The Kier molecular flexibility index (Phi) is 4.30. The lowest BCUT2D eigenvalue weighted by atomic mass is 10.2. The number of benzene rings is 1. The summed E-state index contributed by atoms with van der Waals surface area (Å²) in [5.74, 6) is -0.568. The van der Waals surface area contributed by atoms with Crippen molar-refractivity contribution >= 4 is 23.5 Å². The van der Waals surface area contributed by atoms with E-state index >= 15 is 0 Å². The van der Waals surface area contributed by atoms with Gasteiger partial charge in [-0.3, -0.25) is 14.8 Å². The SMILES string of the molecule is Cc1nn(C)cc1C(=O)Nc1ncn(Cc2ccc(F)cc2Cl)n1. The Morgan fingerprint density at radius 1 is 1.38 bits per heavy atom. The van der Waals surface area contributed by atoms with Gasteiger partial charge in [0.2, 0.25) is 5.95 Å². The standard InChI is InChI=1S/C15H14ClFN6O/c1-9-12(7-22(2)20-9)14(24)19-15-18-8-23(21-15)6-10-3-4-11(17)5-13(10)16/h3-5,7-8H,6H2,1-2H3,(H,19,21,24). The van der Waals surface area contributed by atoms with Crippen LogP contribution in [0.1, 0.15) is 21.6 Å². The van der Waals surface area contributed by atoms with E-state index in [2.05, 4.69) is 20.5 Å². The van der Waals surface area contributed by atoms with Crippen LogP contribution in [0.15, 0.2) is 30.7 Å². The molecule has 24 heavy (non-hydrogen) atoms. The number of amides is 1. The molecular weight excluding hydrogens is 335 g/mol. The largest absolute Gasteiger partial charge is 0.289 e. The van der Waals surface area contributed by atoms with Gasteiger partial charge in [-0.1, -0.05) is 17.7 Å². The first-order chi connectivity index (χ1) is 11.4. The molecule has 0 fully saturated rings. The van der Waals surface area contributed by atoms with Gasteiger partial charge in [-0.25, -0.2) is 14.1 Å². The number of halogens is 2. The molecule has 0 spiro atoms. The predicted octanol–water partition coefficient (Wildman–Crippen LogP) is 2.41. The number of anilines is 1. The highest BCUT2D eigenvalue weighted by Crippen LogP contribution is 2.18. The molecule has 1 aromatic carbocycles. The molecule has 0 bridgehead atoms. The Hall–Kier alpha value is -2.74. The molecule has 7 nitrogen and oxygen atoms in total. The summed E-state index contributed by atoms with van der Waals surface area (Å²) in [6.07, 6.45) is 3.09. The Morgan fingerprint density at radius 3 is 2.83 bits per heavy atom. The maximum Gasteiger partial charge on any atom is 0.261 e. The highest BCUT2D eigenvalue weighted by Gasteiger charge is 2.14. The van der Waals surface area contributed by atoms with E-state index in [-0.39, 0.29) is 11.9 Å². The van der Waals surface area contributed by atoms with Crippen LogP contribution >= 0.6 is 11.6 Å². The number of nitrogens with zero attached hydrogens (tertiary/aromatic N) is 5. The maximum absolute atomic E-state index is 13.1. The minimum absolute atomic E-state index is 0.168. The van der Waals surface area contributed by atoms with E-state index in [1.807, 2.05) is 0 Å². The molecule has 3 aromatic rings. The number of nitrogens with one attached hydrogen (secondary N) is 1. The van der Waals surface area contributed by atoms with E-state index in [0.717, 1.165) is 0 Å². The Balaban J connectivity index is 1.71. The van der Waals surface area contributed by atoms with Gasteiger partial charge in [-0.2, -0.15) is 5.10 Å². The van der Waals surface area contributed by atoms with Crippen LogP contribution in [0.3, 0.4) is 0 Å². The molecule has 0 saturated heterocycles. The molecule has 3 rings (SSSR count). The minimum Gasteiger partial charge on any atom is -0.289 e. The van der Waals surface area contributed by atoms with Gasteiger partial charge in [0.25, 0.3) is 5.91 Å². The summed E-state index contributed by atoms with van der Waals surface area (Å²) >= 11 is 5.99. The van der Waals surface area contributed by atoms with Crippen LogP contribution < -0.4 is 5.32 Å². The Bertz CT molecular complexity index is 903. The third-order valence-corrected chi connectivity index (χ3v) is 3.72. The van der Waals surface area contributed by atoms with Gasteiger partial charge in [0.15, 0.2) is 0 Å². The zero-order chi connectivity index (χ0) is 17.3. The summed E-state index contributed by atoms with van der Waals surface area (Å²) in [6.45, 7) is 2.06. The van der Waals surface area contributed by atoms with Crippen LogP contribution in [-0.4, -0.2) is 30.5 Å². The van der Waals surface area contributed by atoms with Gasteiger partial charge in [-0.05, 0) is 24.6 Å². The van der Waals surface area contributed by atoms with Crippen molar-refractivity contribution in [1.82, 2.24) is 24.5 Å². The second-order valence-corrected chi connectivity index (χ2v) is 5.66. The normalized spacial score (nSPS) is 10.8. The molecule has 124 valence electrons. The molecule has 9 heteroatoms. The first-order valence-electron chi connectivity index (χ1n) is 7.07. The smallest absolute Gasteiger partial charge is 0.261 e. The summed E-state index contributed by atoms with van der Waals surface area (Å²) < 4.78 is 16.1. The third kappa shape index (κ3) is 3.43. The zero-order valence-corrected chi connectivity index (χ0v) is 13.8. The lowest BCUT2D eigenvalue weighted by Crippen LogP contribution is -2.14. The first-order valence-corrected chi connectivity index (χ1v) is 7.45. The molecule has 0 aliphatic heterocycles. The van der Waals surface area contributed by atoms with E-state index in [9.17, 15) is 9.18 Å². The van der Waals surface area contributed by atoms with Crippen molar-refractivity contribution in [2.45, 2.75) is 13.5 Å². The van der Waals surface area contributed by atoms with E-state index in [1.165, 1.54) is 23.1 Å². The summed E-state index contributed by atoms with van der Waals surface area (Å²) in [7, 11) is 1.74. The number of aryl methyl sites for hydroxylation is 2. The molecule has 1 N–H and O–H groups in total. The quantitative estimate of drug-likeness (QED) is 0.785. The number of hydrogen-bond donors (Lipinski definition) is 1. The molecule has 0 aliphatic rings. The van der Waals surface area contributed by atoms with Gasteiger partial charge in [0.1, 0.15) is 12.1 Å². The second kappa shape index (κ2) is 6.40. The lowest BCUT2D eigenvalue weighted by Gasteiger charge is -2.04. The van der Waals surface area contributed by atoms with Crippen molar-refractivity contribution in [1.29, 1.82) is 0 Å². The molecule has 0 unspecified atom stereocenters. The molecule has 0 radical (unpaired) electrons. The van der Waals surface area contributed by atoms with Crippen LogP contribution in [-0.2, 0) is 13.6 Å². The van der Waals surface area contributed by atoms with Crippen molar-refractivity contribution in [2.24, 2.45) is 7.05 Å². The molecule has 0 saturated carbocycles. The van der Waals surface area contributed by atoms with Crippen LogP contribution in [0.4, 0.5) is 10.3 Å². The molecule has 0 aliphatic carbocycles. The third-order valence-electron chi connectivity index (χ3n) is 3.37. The van der Waals surface area contributed by atoms with Crippen molar-refractivity contribution < 1.29 is 9.18 Å². The highest BCUT2D eigenvalue weighted by molar-refractivity contribution is 6.31. The summed E-state index contributed by atoms with van der Waals surface area (Å²) in [4.78, 5) is 16.2. The van der Waals surface area contributed by atoms with E-state index in [1.54, 1.807) is 30.9 Å². The van der Waals surface area contributed by atoms with Crippen molar-refractivity contribution in [3.63, 3.8) is 0 Å². The fourth-order valence-electron chi connectivity index (χ4n) is 2.24. The lowest BCUT2D eigenvalue weighted by molar-refractivity contribution is 0.102. The van der Waals surface area contributed by atoms with E-state index < -0.39 is 5.82 Å². The summed E-state index contributed by atoms with van der Waals surface area (Å²) in [5, 5.41) is 11.2. The first kappa shape index (κ1) is 16.1.